The molecule has 0 fully saturated rings. The van der Waals surface area contributed by atoms with Crippen LogP contribution in [0, 0.1) is 5.92 Å². The Bertz CT molecular complexity index is 185. The van der Waals surface area contributed by atoms with Crippen molar-refractivity contribution >= 4 is 17.7 Å². The van der Waals surface area contributed by atoms with E-state index in [4.69, 9.17) is 5.11 Å². The van der Waals surface area contributed by atoms with Gasteiger partial charge in [-0.25, -0.2) is 0 Å². The van der Waals surface area contributed by atoms with Crippen LogP contribution in [0.3, 0.4) is 0 Å². The van der Waals surface area contributed by atoms with Crippen LogP contribution in [0.5, 0.6) is 0 Å². The van der Waals surface area contributed by atoms with E-state index in [1.807, 2.05) is 13.8 Å². The van der Waals surface area contributed by atoms with Crippen LogP contribution in [-0.4, -0.2) is 34.7 Å². The van der Waals surface area contributed by atoms with Crippen molar-refractivity contribution in [2.45, 2.75) is 45.4 Å². The molecular formula is C11H23NO2S. The third-order valence-electron chi connectivity index (χ3n) is 2.42. The average Bonchev–Trinajstić information content (AvgIpc) is 2.15. The summed E-state index contributed by atoms with van der Waals surface area (Å²) in [5.41, 5.74) is 0. The fourth-order valence-electron chi connectivity index (χ4n) is 0.945. The number of thioether (sulfide) groups is 1. The maximum atomic E-state index is 11.5. The maximum absolute atomic E-state index is 11.5. The van der Waals surface area contributed by atoms with Gasteiger partial charge in [-0.15, -0.1) is 11.8 Å². The van der Waals surface area contributed by atoms with E-state index in [2.05, 4.69) is 19.2 Å². The van der Waals surface area contributed by atoms with Crippen LogP contribution in [-0.2, 0) is 4.79 Å². The molecular weight excluding hydrogens is 210 g/mol. The van der Waals surface area contributed by atoms with Crippen LogP contribution in [0.1, 0.15) is 34.1 Å². The van der Waals surface area contributed by atoms with Gasteiger partial charge in [-0.1, -0.05) is 20.8 Å². The molecule has 0 aromatic heterocycles. The smallest absolute Gasteiger partial charge is 0.230 e. The highest BCUT2D eigenvalue weighted by Gasteiger charge is 2.11. The highest BCUT2D eigenvalue weighted by Crippen LogP contribution is 2.13. The molecule has 0 aliphatic rings. The van der Waals surface area contributed by atoms with E-state index >= 15 is 0 Å². The van der Waals surface area contributed by atoms with E-state index in [-0.39, 0.29) is 18.6 Å². The molecule has 2 atom stereocenters. The van der Waals surface area contributed by atoms with E-state index in [9.17, 15) is 4.79 Å². The van der Waals surface area contributed by atoms with E-state index in [0.29, 0.717) is 16.9 Å². The highest BCUT2D eigenvalue weighted by atomic mass is 32.2. The molecule has 0 aromatic carbocycles. The zero-order valence-corrected chi connectivity index (χ0v) is 10.9. The molecule has 0 aromatic rings. The highest BCUT2D eigenvalue weighted by molar-refractivity contribution is 8.00. The Morgan fingerprint density at radius 2 is 1.93 bits per heavy atom. The largest absolute Gasteiger partial charge is 0.396 e. The molecule has 3 nitrogen and oxygen atoms in total. The monoisotopic (exact) mass is 233 g/mol. The number of aliphatic hydroxyl groups is 1. The Morgan fingerprint density at radius 1 is 1.33 bits per heavy atom. The molecule has 0 saturated heterocycles. The number of amides is 1. The van der Waals surface area contributed by atoms with Gasteiger partial charge in [0.25, 0.3) is 0 Å². The van der Waals surface area contributed by atoms with Crippen LogP contribution in [0.2, 0.25) is 0 Å². The topological polar surface area (TPSA) is 49.3 Å². The van der Waals surface area contributed by atoms with Gasteiger partial charge in [0.05, 0.1) is 5.75 Å². The fraction of sp³-hybridized carbons (Fsp3) is 0.909. The Labute approximate surface area is 97.0 Å². The first kappa shape index (κ1) is 14.8. The molecule has 0 spiro atoms. The van der Waals surface area contributed by atoms with E-state index in [1.165, 1.54) is 0 Å². The number of hydrogen-bond acceptors (Lipinski definition) is 3. The normalized spacial score (nSPS) is 15.1. The first-order chi connectivity index (χ1) is 6.97. The van der Waals surface area contributed by atoms with Crippen LogP contribution in [0.4, 0.5) is 0 Å². The molecule has 0 aliphatic heterocycles. The molecule has 0 rings (SSSR count). The van der Waals surface area contributed by atoms with Crippen molar-refractivity contribution < 1.29 is 9.90 Å². The van der Waals surface area contributed by atoms with Gasteiger partial charge in [0.2, 0.25) is 5.91 Å². The average molecular weight is 233 g/mol. The standard InChI is InChI=1S/C11H23NO2S/c1-8(2)10(4)12-11(14)7-15-9(3)5-6-13/h8-10,13H,5-7H2,1-4H3,(H,12,14). The van der Waals surface area contributed by atoms with Crippen molar-refractivity contribution in [2.24, 2.45) is 5.92 Å². The van der Waals surface area contributed by atoms with Gasteiger partial charge in [-0.2, -0.15) is 0 Å². The maximum Gasteiger partial charge on any atom is 0.230 e. The second-order valence-corrected chi connectivity index (χ2v) is 5.66. The number of rotatable bonds is 7. The zero-order chi connectivity index (χ0) is 11.8. The molecule has 4 heteroatoms. The van der Waals surface area contributed by atoms with Gasteiger partial charge >= 0.3 is 0 Å². The van der Waals surface area contributed by atoms with Crippen molar-refractivity contribution in [3.8, 4) is 0 Å². The first-order valence-corrected chi connectivity index (χ1v) is 6.54. The minimum absolute atomic E-state index is 0.0889. The number of aliphatic hydroxyl groups excluding tert-OH is 1. The lowest BCUT2D eigenvalue weighted by atomic mass is 10.1. The number of hydrogen-bond donors (Lipinski definition) is 2. The van der Waals surface area contributed by atoms with Crippen LogP contribution >= 0.6 is 11.8 Å². The van der Waals surface area contributed by atoms with Gasteiger partial charge in [0.15, 0.2) is 0 Å². The molecule has 0 aliphatic carbocycles. The summed E-state index contributed by atoms with van der Waals surface area (Å²) >= 11 is 1.59. The van der Waals surface area contributed by atoms with Crippen molar-refractivity contribution in [1.29, 1.82) is 0 Å². The van der Waals surface area contributed by atoms with Crippen LogP contribution < -0.4 is 5.32 Å². The van der Waals surface area contributed by atoms with E-state index in [1.54, 1.807) is 11.8 Å². The van der Waals surface area contributed by atoms with Gasteiger partial charge in [-0.3, -0.25) is 4.79 Å². The van der Waals surface area contributed by atoms with E-state index < -0.39 is 0 Å². The third-order valence-corrected chi connectivity index (χ3v) is 3.66. The van der Waals surface area contributed by atoms with Crippen molar-refractivity contribution in [2.75, 3.05) is 12.4 Å². The van der Waals surface area contributed by atoms with Crippen LogP contribution in [0.25, 0.3) is 0 Å². The minimum atomic E-state index is 0.0889. The summed E-state index contributed by atoms with van der Waals surface area (Å²) in [5, 5.41) is 12.0. The molecule has 15 heavy (non-hydrogen) atoms. The molecule has 0 bridgehead atoms. The SMILES string of the molecule is CC(CCO)SCC(=O)NC(C)C(C)C. The van der Waals surface area contributed by atoms with Crippen LogP contribution in [0.15, 0.2) is 0 Å². The second-order valence-electron chi connectivity index (χ2n) is 4.23. The fourth-order valence-corrected chi connectivity index (χ4v) is 1.74. The Kier molecular flexibility index (Phi) is 7.88. The van der Waals surface area contributed by atoms with E-state index in [0.717, 1.165) is 6.42 Å². The number of carbonyl (C=O) groups is 1. The van der Waals surface area contributed by atoms with Gasteiger partial charge in [0.1, 0.15) is 0 Å². The zero-order valence-electron chi connectivity index (χ0n) is 10.1. The number of nitrogens with one attached hydrogen (secondary N) is 1. The van der Waals surface area contributed by atoms with Gasteiger partial charge in [-0.05, 0) is 19.3 Å². The third kappa shape index (κ3) is 7.68. The lowest BCUT2D eigenvalue weighted by molar-refractivity contribution is -0.119. The summed E-state index contributed by atoms with van der Waals surface area (Å²) in [5.74, 6) is 1.04. The Hall–Kier alpha value is -0.220. The number of carbonyl (C=O) groups excluding carboxylic acids is 1. The molecule has 2 N–H and O–H groups in total. The first-order valence-electron chi connectivity index (χ1n) is 5.49. The summed E-state index contributed by atoms with van der Waals surface area (Å²) in [6.45, 7) is 8.42. The van der Waals surface area contributed by atoms with Crippen molar-refractivity contribution in [1.82, 2.24) is 5.32 Å². The Morgan fingerprint density at radius 3 is 2.40 bits per heavy atom. The van der Waals surface area contributed by atoms with Crippen molar-refractivity contribution in [3.63, 3.8) is 0 Å². The quantitative estimate of drug-likeness (QED) is 0.703. The molecule has 0 radical (unpaired) electrons. The van der Waals surface area contributed by atoms with Gasteiger partial charge < -0.3 is 10.4 Å². The summed E-state index contributed by atoms with van der Waals surface area (Å²) in [6, 6.07) is 0.228. The summed E-state index contributed by atoms with van der Waals surface area (Å²) < 4.78 is 0. The summed E-state index contributed by atoms with van der Waals surface area (Å²) in [4.78, 5) is 11.5. The predicted octanol–water partition coefficient (Wildman–Crippen LogP) is 1.65. The lowest BCUT2D eigenvalue weighted by Crippen LogP contribution is -2.37. The molecule has 90 valence electrons. The summed E-state index contributed by atoms with van der Waals surface area (Å²) in [6.07, 6.45) is 0.748. The van der Waals surface area contributed by atoms with Crippen molar-refractivity contribution in [3.05, 3.63) is 0 Å². The van der Waals surface area contributed by atoms with Gasteiger partial charge in [0, 0.05) is 17.9 Å². The minimum Gasteiger partial charge on any atom is -0.396 e. The lowest BCUT2D eigenvalue weighted by Gasteiger charge is -2.18. The predicted molar refractivity (Wildman–Crippen MR) is 66.1 cm³/mol. The summed E-state index contributed by atoms with van der Waals surface area (Å²) in [7, 11) is 0. The molecule has 0 saturated carbocycles. The second kappa shape index (κ2) is 7.99. The molecule has 2 unspecified atom stereocenters. The molecule has 1 amide bonds. The Balaban J connectivity index is 3.66. The molecule has 0 heterocycles.